The highest BCUT2D eigenvalue weighted by molar-refractivity contribution is 5.62. The molecule has 0 bridgehead atoms. The molecule has 0 fully saturated rings. The summed E-state index contributed by atoms with van der Waals surface area (Å²) in [6.07, 6.45) is 8.02. The maximum Gasteiger partial charge on any atom is 0.161 e. The Balaban J connectivity index is 1.62. The Morgan fingerprint density at radius 1 is 0.962 bits per heavy atom. The molecule has 5 rings (SSSR count). The first-order chi connectivity index (χ1) is 12.8. The summed E-state index contributed by atoms with van der Waals surface area (Å²) in [6, 6.07) is 13.1. The molecule has 0 saturated carbocycles. The summed E-state index contributed by atoms with van der Waals surface area (Å²) in [5.41, 5.74) is 6.52. The first-order valence-corrected chi connectivity index (χ1v) is 9.46. The van der Waals surface area contributed by atoms with Crippen LogP contribution in [0.1, 0.15) is 41.8 Å². The lowest BCUT2D eigenvalue weighted by Crippen LogP contribution is -2.35. The molecule has 0 radical (unpaired) electrons. The molecule has 1 unspecified atom stereocenters. The van der Waals surface area contributed by atoms with Crippen molar-refractivity contribution in [3.05, 3.63) is 71.2 Å². The van der Waals surface area contributed by atoms with Gasteiger partial charge in [0.25, 0.3) is 0 Å². The molecule has 0 saturated heterocycles. The second-order valence-electron chi connectivity index (χ2n) is 7.20. The minimum atomic E-state index is 0.338. The van der Waals surface area contributed by atoms with Crippen LogP contribution in [0.25, 0.3) is 11.4 Å². The molecule has 0 spiro atoms. The summed E-state index contributed by atoms with van der Waals surface area (Å²) < 4.78 is 0. The number of aryl methyl sites for hydroxylation is 1. The van der Waals surface area contributed by atoms with E-state index in [1.807, 2.05) is 24.5 Å². The zero-order chi connectivity index (χ0) is 17.5. The van der Waals surface area contributed by atoms with Crippen LogP contribution in [0.15, 0.2) is 48.8 Å². The first kappa shape index (κ1) is 15.5. The predicted molar refractivity (Wildman–Crippen MR) is 103 cm³/mol. The Kier molecular flexibility index (Phi) is 3.70. The van der Waals surface area contributed by atoms with Crippen LogP contribution in [0.4, 0.5) is 5.82 Å². The molecule has 1 aromatic carbocycles. The van der Waals surface area contributed by atoms with Crippen LogP contribution >= 0.6 is 0 Å². The van der Waals surface area contributed by atoms with E-state index in [4.69, 9.17) is 9.97 Å². The molecule has 1 aliphatic heterocycles. The Bertz CT molecular complexity index is 952. The molecule has 4 nitrogen and oxygen atoms in total. The highest BCUT2D eigenvalue weighted by atomic mass is 15.2. The summed E-state index contributed by atoms with van der Waals surface area (Å²) in [4.78, 5) is 16.5. The summed E-state index contributed by atoms with van der Waals surface area (Å²) in [7, 11) is 0. The zero-order valence-corrected chi connectivity index (χ0v) is 15.0. The van der Waals surface area contributed by atoms with Gasteiger partial charge in [0.05, 0.1) is 6.04 Å². The van der Waals surface area contributed by atoms with E-state index in [0.29, 0.717) is 6.04 Å². The highest BCUT2D eigenvalue weighted by Crippen LogP contribution is 2.38. The third kappa shape index (κ3) is 2.48. The molecular weight excluding hydrogens is 320 g/mol. The van der Waals surface area contributed by atoms with Gasteiger partial charge in [0.2, 0.25) is 0 Å². The van der Waals surface area contributed by atoms with E-state index >= 15 is 0 Å². The third-order valence-electron chi connectivity index (χ3n) is 5.72. The van der Waals surface area contributed by atoms with Crippen LogP contribution in [0.2, 0.25) is 0 Å². The molecule has 4 heteroatoms. The minimum absolute atomic E-state index is 0.338. The number of fused-ring (bicyclic) bond motifs is 2. The molecule has 26 heavy (non-hydrogen) atoms. The van der Waals surface area contributed by atoms with E-state index in [0.717, 1.165) is 43.0 Å². The Labute approximate surface area is 154 Å². The number of aromatic nitrogens is 3. The van der Waals surface area contributed by atoms with Gasteiger partial charge in [-0.3, -0.25) is 4.98 Å². The van der Waals surface area contributed by atoms with Crippen molar-refractivity contribution in [3.8, 4) is 11.4 Å². The van der Waals surface area contributed by atoms with Crippen LogP contribution in [0, 0.1) is 0 Å². The Morgan fingerprint density at radius 3 is 2.69 bits per heavy atom. The average molecular weight is 342 g/mol. The van der Waals surface area contributed by atoms with Crippen molar-refractivity contribution in [1.82, 2.24) is 15.0 Å². The lowest BCUT2D eigenvalue weighted by atomic mass is 9.93. The number of rotatable bonds is 2. The third-order valence-corrected chi connectivity index (χ3v) is 5.72. The summed E-state index contributed by atoms with van der Waals surface area (Å²) >= 11 is 0. The topological polar surface area (TPSA) is 41.9 Å². The van der Waals surface area contributed by atoms with Crippen LogP contribution in [0.5, 0.6) is 0 Å². The van der Waals surface area contributed by atoms with E-state index in [1.165, 1.54) is 28.8 Å². The van der Waals surface area contributed by atoms with Gasteiger partial charge >= 0.3 is 0 Å². The number of benzene rings is 1. The van der Waals surface area contributed by atoms with Gasteiger partial charge in [-0.25, -0.2) is 9.97 Å². The standard InChI is InChI=1S/C22H22N4/c1-15-18-6-3-2-5-16(18)11-14-26(15)22-19-7-4-8-20(19)24-21(25-22)17-9-12-23-13-10-17/h2-3,5-6,9-10,12-13,15H,4,7-8,11,14H2,1H3. The second kappa shape index (κ2) is 6.20. The summed E-state index contributed by atoms with van der Waals surface area (Å²) in [5.74, 6) is 1.97. The van der Waals surface area contributed by atoms with Crippen molar-refractivity contribution in [1.29, 1.82) is 0 Å². The molecular formula is C22H22N4. The first-order valence-electron chi connectivity index (χ1n) is 9.46. The minimum Gasteiger partial charge on any atom is -0.349 e. The maximum atomic E-state index is 5.05. The predicted octanol–water partition coefficient (Wildman–Crippen LogP) is 4.15. The van der Waals surface area contributed by atoms with Crippen LogP contribution in [-0.2, 0) is 19.3 Å². The lowest BCUT2D eigenvalue weighted by Gasteiger charge is -2.37. The van der Waals surface area contributed by atoms with Gasteiger partial charge in [-0.1, -0.05) is 24.3 Å². The quantitative estimate of drug-likeness (QED) is 0.701. The molecule has 3 aromatic rings. The summed E-state index contributed by atoms with van der Waals surface area (Å²) in [6.45, 7) is 3.31. The SMILES string of the molecule is CC1c2ccccc2CCN1c1nc(-c2ccncc2)nc2c1CCC2. The summed E-state index contributed by atoms with van der Waals surface area (Å²) in [5, 5.41) is 0. The van der Waals surface area contributed by atoms with Gasteiger partial charge in [-0.15, -0.1) is 0 Å². The van der Waals surface area contributed by atoms with E-state index < -0.39 is 0 Å². The number of hydrogen-bond donors (Lipinski definition) is 0. The molecule has 1 aliphatic carbocycles. The molecule has 130 valence electrons. The van der Waals surface area contributed by atoms with Gasteiger partial charge in [-0.2, -0.15) is 0 Å². The van der Waals surface area contributed by atoms with Gasteiger partial charge in [0, 0.05) is 35.8 Å². The molecule has 2 aromatic heterocycles. The van der Waals surface area contributed by atoms with E-state index in [2.05, 4.69) is 41.1 Å². The van der Waals surface area contributed by atoms with Gasteiger partial charge in [0.15, 0.2) is 5.82 Å². The molecule has 0 amide bonds. The van der Waals surface area contributed by atoms with Crippen molar-refractivity contribution in [2.45, 2.75) is 38.6 Å². The molecule has 3 heterocycles. The smallest absolute Gasteiger partial charge is 0.161 e. The molecule has 0 N–H and O–H groups in total. The fraction of sp³-hybridized carbons (Fsp3) is 0.318. The average Bonchev–Trinajstić information content (AvgIpc) is 3.17. The van der Waals surface area contributed by atoms with Crippen molar-refractivity contribution in [2.75, 3.05) is 11.4 Å². The number of pyridine rings is 1. The fourth-order valence-corrected chi connectivity index (χ4v) is 4.34. The van der Waals surface area contributed by atoms with Crippen molar-refractivity contribution < 1.29 is 0 Å². The highest BCUT2D eigenvalue weighted by Gasteiger charge is 2.29. The van der Waals surface area contributed by atoms with E-state index in [1.54, 1.807) is 0 Å². The van der Waals surface area contributed by atoms with E-state index in [-0.39, 0.29) is 0 Å². The monoisotopic (exact) mass is 342 g/mol. The Hall–Kier alpha value is -2.75. The van der Waals surface area contributed by atoms with Gasteiger partial charge < -0.3 is 4.90 Å². The van der Waals surface area contributed by atoms with Crippen LogP contribution < -0.4 is 4.90 Å². The maximum absolute atomic E-state index is 5.05. The number of hydrogen-bond acceptors (Lipinski definition) is 4. The normalized spacial score (nSPS) is 18.5. The molecule has 1 atom stereocenters. The van der Waals surface area contributed by atoms with Gasteiger partial charge in [-0.05, 0) is 55.9 Å². The van der Waals surface area contributed by atoms with Crippen molar-refractivity contribution in [3.63, 3.8) is 0 Å². The Morgan fingerprint density at radius 2 is 1.81 bits per heavy atom. The zero-order valence-electron chi connectivity index (χ0n) is 15.0. The van der Waals surface area contributed by atoms with Crippen molar-refractivity contribution in [2.24, 2.45) is 0 Å². The van der Waals surface area contributed by atoms with Crippen molar-refractivity contribution >= 4 is 5.82 Å². The van der Waals surface area contributed by atoms with Crippen LogP contribution in [-0.4, -0.2) is 21.5 Å². The number of anilines is 1. The lowest BCUT2D eigenvalue weighted by molar-refractivity contribution is 0.613. The molecule has 2 aliphatic rings. The van der Waals surface area contributed by atoms with Crippen LogP contribution in [0.3, 0.4) is 0 Å². The fourth-order valence-electron chi connectivity index (χ4n) is 4.34. The number of nitrogens with zero attached hydrogens (tertiary/aromatic N) is 4. The van der Waals surface area contributed by atoms with E-state index in [9.17, 15) is 0 Å². The largest absolute Gasteiger partial charge is 0.349 e. The van der Waals surface area contributed by atoms with Gasteiger partial charge in [0.1, 0.15) is 5.82 Å². The second-order valence-corrected chi connectivity index (χ2v) is 7.20.